The summed E-state index contributed by atoms with van der Waals surface area (Å²) in [6.45, 7) is 4.91. The van der Waals surface area contributed by atoms with Crippen LogP contribution in [0.5, 0.6) is 11.5 Å². The van der Waals surface area contributed by atoms with Crippen molar-refractivity contribution in [2.45, 2.75) is 44.5 Å². The summed E-state index contributed by atoms with van der Waals surface area (Å²) in [4.78, 5) is 27.7. The molecule has 1 N–H and O–H groups in total. The maximum Gasteiger partial charge on any atom is 0.243 e. The summed E-state index contributed by atoms with van der Waals surface area (Å²) in [6, 6.07) is 5.28. The molecular formula is C21H30N2O4S. The van der Waals surface area contributed by atoms with Gasteiger partial charge < -0.3 is 19.7 Å². The number of methoxy groups -OCH3 is 2. The quantitative estimate of drug-likeness (QED) is 0.718. The van der Waals surface area contributed by atoms with Crippen LogP contribution in [0.25, 0.3) is 0 Å². The maximum atomic E-state index is 13.0. The van der Waals surface area contributed by atoms with Gasteiger partial charge in [0.1, 0.15) is 11.4 Å². The minimum atomic E-state index is -0.427. The molecule has 2 fully saturated rings. The molecule has 1 aromatic rings. The van der Waals surface area contributed by atoms with Crippen LogP contribution in [-0.2, 0) is 9.59 Å². The first-order chi connectivity index (χ1) is 13.5. The number of hydrogen-bond acceptors (Lipinski definition) is 5. The van der Waals surface area contributed by atoms with Gasteiger partial charge in [-0.3, -0.25) is 9.59 Å². The summed E-state index contributed by atoms with van der Waals surface area (Å²) >= 11 is 1.63. The van der Waals surface area contributed by atoms with Crippen molar-refractivity contribution in [1.82, 2.24) is 10.2 Å². The third-order valence-corrected chi connectivity index (χ3v) is 6.52. The number of amides is 2. The fourth-order valence-electron chi connectivity index (χ4n) is 3.38. The van der Waals surface area contributed by atoms with E-state index in [2.05, 4.69) is 19.2 Å². The van der Waals surface area contributed by atoms with Crippen molar-refractivity contribution in [2.75, 3.05) is 26.5 Å². The van der Waals surface area contributed by atoms with Crippen LogP contribution >= 0.6 is 11.8 Å². The van der Waals surface area contributed by atoms with E-state index >= 15 is 0 Å². The molecule has 1 aliphatic heterocycles. The van der Waals surface area contributed by atoms with E-state index in [9.17, 15) is 9.59 Å². The molecule has 1 saturated carbocycles. The second-order valence-electron chi connectivity index (χ2n) is 7.81. The molecule has 7 heteroatoms. The van der Waals surface area contributed by atoms with Gasteiger partial charge >= 0.3 is 0 Å². The van der Waals surface area contributed by atoms with E-state index in [1.807, 2.05) is 18.2 Å². The fourth-order valence-corrected chi connectivity index (χ4v) is 4.81. The summed E-state index contributed by atoms with van der Waals surface area (Å²) in [6.07, 6.45) is 2.77. The highest BCUT2D eigenvalue weighted by molar-refractivity contribution is 7.99. The van der Waals surface area contributed by atoms with E-state index in [1.54, 1.807) is 30.9 Å². The molecule has 3 rings (SSSR count). The van der Waals surface area contributed by atoms with Crippen LogP contribution < -0.4 is 14.8 Å². The van der Waals surface area contributed by atoms with Crippen LogP contribution in [0.4, 0.5) is 0 Å². The number of carbonyl (C=O) groups is 2. The molecule has 1 aromatic carbocycles. The lowest BCUT2D eigenvalue weighted by Crippen LogP contribution is -2.48. The van der Waals surface area contributed by atoms with E-state index in [0.29, 0.717) is 29.7 Å². The number of benzene rings is 1. The van der Waals surface area contributed by atoms with Crippen molar-refractivity contribution in [1.29, 1.82) is 0 Å². The van der Waals surface area contributed by atoms with Gasteiger partial charge in [0.2, 0.25) is 11.8 Å². The van der Waals surface area contributed by atoms with Gasteiger partial charge in [-0.05, 0) is 42.9 Å². The van der Waals surface area contributed by atoms with Gasteiger partial charge in [0.05, 0.1) is 14.2 Å². The molecule has 0 aromatic heterocycles. The topological polar surface area (TPSA) is 67.9 Å². The zero-order valence-corrected chi connectivity index (χ0v) is 17.9. The molecule has 1 saturated heterocycles. The normalized spacial score (nSPS) is 21.7. The molecule has 6 nitrogen and oxygen atoms in total. The lowest BCUT2D eigenvalue weighted by molar-refractivity contribution is -0.140. The van der Waals surface area contributed by atoms with Gasteiger partial charge in [0.15, 0.2) is 11.5 Å². The fraction of sp³-hybridized carbons (Fsp3) is 0.619. The number of ether oxygens (including phenoxy) is 2. The molecule has 2 aliphatic rings. The van der Waals surface area contributed by atoms with Gasteiger partial charge in [0.25, 0.3) is 0 Å². The van der Waals surface area contributed by atoms with Crippen LogP contribution in [0, 0.1) is 11.8 Å². The highest BCUT2D eigenvalue weighted by atomic mass is 32.2. The van der Waals surface area contributed by atoms with Crippen molar-refractivity contribution in [3.63, 3.8) is 0 Å². The molecule has 28 heavy (non-hydrogen) atoms. The molecule has 1 aliphatic carbocycles. The SMILES string of the molecule is COc1ccc(C2SCC(C(=O)NCCC(C)C)N2C(=O)C2CC2)cc1OC. The molecule has 0 spiro atoms. The average molecular weight is 407 g/mol. The van der Waals surface area contributed by atoms with Gasteiger partial charge in [0, 0.05) is 18.2 Å². The van der Waals surface area contributed by atoms with Crippen molar-refractivity contribution in [3.8, 4) is 11.5 Å². The van der Waals surface area contributed by atoms with Crippen molar-refractivity contribution in [2.24, 2.45) is 11.8 Å². The van der Waals surface area contributed by atoms with Crippen molar-refractivity contribution >= 4 is 23.6 Å². The monoisotopic (exact) mass is 406 g/mol. The van der Waals surface area contributed by atoms with Crippen LogP contribution in [0.3, 0.4) is 0 Å². The van der Waals surface area contributed by atoms with Crippen LogP contribution in [0.15, 0.2) is 18.2 Å². The molecule has 1 heterocycles. The Hall–Kier alpha value is -1.89. The number of nitrogens with one attached hydrogen (secondary N) is 1. The standard InChI is InChI=1S/C21H30N2O4S/c1-13(2)9-10-22-19(24)16-12-28-21(23(16)20(25)14-5-6-14)15-7-8-17(26-3)18(11-15)27-4/h7-8,11,13-14,16,21H,5-6,9-10,12H2,1-4H3,(H,22,24). The van der Waals surface area contributed by atoms with Crippen molar-refractivity contribution in [3.05, 3.63) is 23.8 Å². The number of carbonyl (C=O) groups excluding carboxylic acids is 2. The molecule has 0 bridgehead atoms. The minimum absolute atomic E-state index is 0.0508. The smallest absolute Gasteiger partial charge is 0.243 e. The number of thioether (sulfide) groups is 1. The molecule has 154 valence electrons. The highest BCUT2D eigenvalue weighted by Crippen LogP contribution is 2.46. The van der Waals surface area contributed by atoms with Gasteiger partial charge in [-0.15, -0.1) is 11.8 Å². The van der Waals surface area contributed by atoms with Crippen LogP contribution in [0.2, 0.25) is 0 Å². The highest BCUT2D eigenvalue weighted by Gasteiger charge is 2.46. The van der Waals surface area contributed by atoms with E-state index < -0.39 is 6.04 Å². The van der Waals surface area contributed by atoms with E-state index in [-0.39, 0.29) is 23.1 Å². The minimum Gasteiger partial charge on any atom is -0.493 e. The van der Waals surface area contributed by atoms with E-state index in [1.165, 1.54) is 0 Å². The lowest BCUT2D eigenvalue weighted by Gasteiger charge is -2.29. The van der Waals surface area contributed by atoms with Gasteiger partial charge in [-0.25, -0.2) is 0 Å². The zero-order valence-electron chi connectivity index (χ0n) is 17.1. The molecular weight excluding hydrogens is 376 g/mol. The Morgan fingerprint density at radius 3 is 2.54 bits per heavy atom. The lowest BCUT2D eigenvalue weighted by atomic mass is 10.1. The van der Waals surface area contributed by atoms with Crippen LogP contribution in [-0.4, -0.2) is 49.3 Å². The Labute approximate surface area is 171 Å². The average Bonchev–Trinajstić information content (AvgIpc) is 3.44. The first-order valence-electron chi connectivity index (χ1n) is 9.89. The second kappa shape index (κ2) is 9.07. The summed E-state index contributed by atoms with van der Waals surface area (Å²) < 4.78 is 10.7. The Morgan fingerprint density at radius 1 is 1.21 bits per heavy atom. The number of nitrogens with zero attached hydrogens (tertiary/aromatic N) is 1. The predicted octanol–water partition coefficient (Wildman–Crippen LogP) is 3.22. The maximum absolute atomic E-state index is 13.0. The first-order valence-corrected chi connectivity index (χ1v) is 10.9. The third-order valence-electron chi connectivity index (χ3n) is 5.20. The largest absolute Gasteiger partial charge is 0.493 e. The van der Waals surface area contributed by atoms with Crippen LogP contribution in [0.1, 0.15) is 44.0 Å². The number of hydrogen-bond donors (Lipinski definition) is 1. The Morgan fingerprint density at radius 2 is 1.93 bits per heavy atom. The summed E-state index contributed by atoms with van der Waals surface area (Å²) in [5.41, 5.74) is 0.953. The summed E-state index contributed by atoms with van der Waals surface area (Å²) in [7, 11) is 3.20. The Kier molecular flexibility index (Phi) is 6.75. The second-order valence-corrected chi connectivity index (χ2v) is 8.92. The predicted molar refractivity (Wildman–Crippen MR) is 111 cm³/mol. The third kappa shape index (κ3) is 4.57. The Bertz CT molecular complexity index is 720. The first kappa shape index (κ1) is 20.8. The molecule has 2 atom stereocenters. The summed E-state index contributed by atoms with van der Waals surface area (Å²) in [5.74, 6) is 2.51. The molecule has 2 amide bonds. The van der Waals surface area contributed by atoms with E-state index in [0.717, 1.165) is 24.8 Å². The van der Waals surface area contributed by atoms with Crippen molar-refractivity contribution < 1.29 is 19.1 Å². The molecule has 2 unspecified atom stereocenters. The van der Waals surface area contributed by atoms with E-state index in [4.69, 9.17) is 9.47 Å². The molecule has 0 radical (unpaired) electrons. The van der Waals surface area contributed by atoms with Gasteiger partial charge in [-0.2, -0.15) is 0 Å². The zero-order chi connectivity index (χ0) is 20.3. The summed E-state index contributed by atoms with van der Waals surface area (Å²) in [5, 5.41) is 2.84. The van der Waals surface area contributed by atoms with Gasteiger partial charge in [-0.1, -0.05) is 19.9 Å². The number of rotatable bonds is 8. The Balaban J connectivity index is 1.81.